The minimum absolute atomic E-state index is 0.105. The van der Waals surface area contributed by atoms with Gasteiger partial charge in [0.2, 0.25) is 5.91 Å². The van der Waals surface area contributed by atoms with Crippen molar-refractivity contribution in [3.8, 4) is 5.75 Å². The normalized spacial score (nSPS) is 19.1. The Labute approximate surface area is 180 Å². The predicted octanol–water partition coefficient (Wildman–Crippen LogP) is 3.17. The van der Waals surface area contributed by atoms with Gasteiger partial charge in [-0.3, -0.25) is 9.59 Å². The van der Waals surface area contributed by atoms with Crippen LogP contribution in [0.3, 0.4) is 0 Å². The van der Waals surface area contributed by atoms with Gasteiger partial charge in [0.25, 0.3) is 5.91 Å². The van der Waals surface area contributed by atoms with Gasteiger partial charge in [0.15, 0.2) is 0 Å². The summed E-state index contributed by atoms with van der Waals surface area (Å²) in [6.07, 6.45) is 4.94. The molecule has 3 rings (SSSR count). The topological polar surface area (TPSA) is 61.9 Å². The Morgan fingerprint density at radius 1 is 1.03 bits per heavy atom. The molecule has 0 bridgehead atoms. The molecular formula is C24H37N3O3. The molecule has 1 N–H and O–H groups in total. The summed E-state index contributed by atoms with van der Waals surface area (Å²) in [5.74, 6) is 1.88. The van der Waals surface area contributed by atoms with Crippen LogP contribution in [-0.4, -0.2) is 67.5 Å². The van der Waals surface area contributed by atoms with Crippen molar-refractivity contribution in [2.24, 2.45) is 11.8 Å². The third-order valence-corrected chi connectivity index (χ3v) is 6.53. The standard InChI is InChI=1S/C24H37N3O3/c1-18(2)8-13-25-23(28)19-9-14-26(15-10-19)21-11-16-27(17-12-21)24(29)20-4-6-22(30-3)7-5-20/h4-7,18-19,21H,8-17H2,1-3H3,(H,25,28). The summed E-state index contributed by atoms with van der Waals surface area (Å²) in [6.45, 7) is 8.72. The lowest BCUT2D eigenvalue weighted by molar-refractivity contribution is -0.126. The van der Waals surface area contributed by atoms with Crippen molar-refractivity contribution in [1.29, 1.82) is 0 Å². The minimum atomic E-state index is 0.105. The van der Waals surface area contributed by atoms with Crippen LogP contribution in [0.1, 0.15) is 56.3 Å². The Bertz CT molecular complexity index is 688. The van der Waals surface area contributed by atoms with E-state index in [-0.39, 0.29) is 17.7 Å². The number of nitrogens with one attached hydrogen (secondary N) is 1. The Morgan fingerprint density at radius 2 is 1.67 bits per heavy atom. The van der Waals surface area contributed by atoms with Gasteiger partial charge < -0.3 is 19.9 Å². The van der Waals surface area contributed by atoms with E-state index in [9.17, 15) is 9.59 Å². The van der Waals surface area contributed by atoms with Crippen LogP contribution < -0.4 is 10.1 Å². The molecule has 0 atom stereocenters. The third kappa shape index (κ3) is 5.97. The Morgan fingerprint density at radius 3 is 2.23 bits per heavy atom. The summed E-state index contributed by atoms with van der Waals surface area (Å²) >= 11 is 0. The summed E-state index contributed by atoms with van der Waals surface area (Å²) in [7, 11) is 1.63. The van der Waals surface area contributed by atoms with Gasteiger partial charge in [0, 0.05) is 37.2 Å². The molecule has 0 spiro atoms. The summed E-state index contributed by atoms with van der Waals surface area (Å²) < 4.78 is 5.17. The van der Waals surface area contributed by atoms with Gasteiger partial charge in [-0.25, -0.2) is 0 Å². The van der Waals surface area contributed by atoms with Crippen molar-refractivity contribution in [3.63, 3.8) is 0 Å². The van der Waals surface area contributed by atoms with Gasteiger partial charge in [-0.1, -0.05) is 13.8 Å². The summed E-state index contributed by atoms with van der Waals surface area (Å²) in [6, 6.07) is 7.87. The van der Waals surface area contributed by atoms with Crippen LogP contribution in [0, 0.1) is 11.8 Å². The van der Waals surface area contributed by atoms with Crippen LogP contribution >= 0.6 is 0 Å². The Balaban J connectivity index is 1.40. The minimum Gasteiger partial charge on any atom is -0.497 e. The smallest absolute Gasteiger partial charge is 0.253 e. The van der Waals surface area contributed by atoms with Crippen LogP contribution in [0.5, 0.6) is 5.75 Å². The molecule has 0 unspecified atom stereocenters. The second kappa shape index (κ2) is 10.8. The van der Waals surface area contributed by atoms with E-state index in [1.807, 2.05) is 29.2 Å². The molecule has 6 nitrogen and oxygen atoms in total. The molecule has 2 aliphatic rings. The average Bonchev–Trinajstić information content (AvgIpc) is 2.78. The maximum Gasteiger partial charge on any atom is 0.253 e. The molecule has 2 saturated heterocycles. The molecular weight excluding hydrogens is 378 g/mol. The van der Waals surface area contributed by atoms with E-state index >= 15 is 0 Å². The first kappa shape index (κ1) is 22.6. The van der Waals surface area contributed by atoms with Gasteiger partial charge in [-0.15, -0.1) is 0 Å². The fourth-order valence-electron chi connectivity index (χ4n) is 4.51. The number of carbonyl (C=O) groups is 2. The third-order valence-electron chi connectivity index (χ3n) is 6.53. The number of hydrogen-bond acceptors (Lipinski definition) is 4. The molecule has 2 aliphatic heterocycles. The molecule has 0 aromatic heterocycles. The zero-order valence-electron chi connectivity index (χ0n) is 18.7. The first-order valence-corrected chi connectivity index (χ1v) is 11.4. The van der Waals surface area contributed by atoms with Gasteiger partial charge in [-0.2, -0.15) is 0 Å². The SMILES string of the molecule is COc1ccc(C(=O)N2CCC(N3CCC(C(=O)NCCC(C)C)CC3)CC2)cc1. The van der Waals surface area contributed by atoms with Crippen LogP contribution in [0.2, 0.25) is 0 Å². The Kier molecular flexibility index (Phi) is 8.14. The monoisotopic (exact) mass is 415 g/mol. The predicted molar refractivity (Wildman–Crippen MR) is 119 cm³/mol. The van der Waals surface area contributed by atoms with E-state index in [1.54, 1.807) is 7.11 Å². The molecule has 166 valence electrons. The molecule has 2 heterocycles. The van der Waals surface area contributed by atoms with Gasteiger partial charge in [0.05, 0.1) is 7.11 Å². The summed E-state index contributed by atoms with van der Waals surface area (Å²) in [5.41, 5.74) is 0.721. The molecule has 2 amide bonds. The number of hydrogen-bond donors (Lipinski definition) is 1. The highest BCUT2D eigenvalue weighted by atomic mass is 16.5. The number of carbonyl (C=O) groups excluding carboxylic acids is 2. The van der Waals surface area contributed by atoms with E-state index < -0.39 is 0 Å². The Hall–Kier alpha value is -2.08. The highest BCUT2D eigenvalue weighted by Crippen LogP contribution is 2.25. The van der Waals surface area contributed by atoms with Crippen molar-refractivity contribution < 1.29 is 14.3 Å². The largest absolute Gasteiger partial charge is 0.497 e. The lowest BCUT2D eigenvalue weighted by Gasteiger charge is -2.41. The van der Waals surface area contributed by atoms with E-state index in [0.717, 1.165) is 76.1 Å². The molecule has 2 fully saturated rings. The zero-order valence-corrected chi connectivity index (χ0v) is 18.7. The number of piperidine rings is 2. The molecule has 30 heavy (non-hydrogen) atoms. The molecule has 6 heteroatoms. The number of nitrogens with zero attached hydrogens (tertiary/aromatic N) is 2. The van der Waals surface area contributed by atoms with E-state index in [4.69, 9.17) is 4.74 Å². The van der Waals surface area contributed by atoms with E-state index in [1.165, 1.54) is 0 Å². The number of rotatable bonds is 7. The second-order valence-corrected chi connectivity index (χ2v) is 9.04. The zero-order chi connectivity index (χ0) is 21.5. The van der Waals surface area contributed by atoms with Crippen LogP contribution in [0.15, 0.2) is 24.3 Å². The summed E-state index contributed by atoms with van der Waals surface area (Å²) in [5, 5.41) is 3.11. The van der Waals surface area contributed by atoms with Gasteiger partial charge >= 0.3 is 0 Å². The van der Waals surface area contributed by atoms with E-state index in [2.05, 4.69) is 24.1 Å². The van der Waals surface area contributed by atoms with Crippen LogP contribution in [0.4, 0.5) is 0 Å². The maximum absolute atomic E-state index is 12.8. The van der Waals surface area contributed by atoms with Gasteiger partial charge in [-0.05, 0) is 75.4 Å². The fraction of sp³-hybridized carbons (Fsp3) is 0.667. The van der Waals surface area contributed by atoms with Crippen molar-refractivity contribution in [2.45, 2.75) is 52.0 Å². The lowest BCUT2D eigenvalue weighted by atomic mass is 9.92. The quantitative estimate of drug-likeness (QED) is 0.743. The van der Waals surface area contributed by atoms with E-state index in [0.29, 0.717) is 12.0 Å². The van der Waals surface area contributed by atoms with Crippen molar-refractivity contribution in [3.05, 3.63) is 29.8 Å². The molecule has 1 aromatic rings. The number of amides is 2. The number of ether oxygens (including phenoxy) is 1. The number of likely N-dealkylation sites (tertiary alicyclic amines) is 2. The van der Waals surface area contributed by atoms with Crippen molar-refractivity contribution >= 4 is 11.8 Å². The summed E-state index contributed by atoms with van der Waals surface area (Å²) in [4.78, 5) is 29.6. The molecule has 0 radical (unpaired) electrons. The van der Waals surface area contributed by atoms with Crippen molar-refractivity contribution in [1.82, 2.24) is 15.1 Å². The highest BCUT2D eigenvalue weighted by Gasteiger charge is 2.31. The maximum atomic E-state index is 12.8. The first-order valence-electron chi connectivity index (χ1n) is 11.4. The molecule has 0 saturated carbocycles. The molecule has 0 aliphatic carbocycles. The van der Waals surface area contributed by atoms with Crippen LogP contribution in [0.25, 0.3) is 0 Å². The number of benzene rings is 1. The average molecular weight is 416 g/mol. The highest BCUT2D eigenvalue weighted by molar-refractivity contribution is 5.94. The number of methoxy groups -OCH3 is 1. The lowest BCUT2D eigenvalue weighted by Crippen LogP contribution is -2.50. The van der Waals surface area contributed by atoms with Crippen molar-refractivity contribution in [2.75, 3.05) is 39.8 Å². The first-order chi connectivity index (χ1) is 14.5. The fourth-order valence-corrected chi connectivity index (χ4v) is 4.51. The molecule has 1 aromatic carbocycles. The van der Waals surface area contributed by atoms with Crippen LogP contribution in [-0.2, 0) is 4.79 Å². The second-order valence-electron chi connectivity index (χ2n) is 9.04. The van der Waals surface area contributed by atoms with Gasteiger partial charge in [0.1, 0.15) is 5.75 Å².